The predicted octanol–water partition coefficient (Wildman–Crippen LogP) is 4.17. The number of thioether (sulfide) groups is 1. The highest BCUT2D eigenvalue weighted by Gasteiger charge is 2.19. The van der Waals surface area contributed by atoms with Crippen LogP contribution in [0.5, 0.6) is 0 Å². The van der Waals surface area contributed by atoms with Gasteiger partial charge in [0.25, 0.3) is 17.6 Å². The summed E-state index contributed by atoms with van der Waals surface area (Å²) in [6, 6.07) is 13.3. The van der Waals surface area contributed by atoms with E-state index in [0.717, 1.165) is 31.5 Å². The fourth-order valence-electron chi connectivity index (χ4n) is 2.94. The number of amides is 2. The Balaban J connectivity index is 1.53. The summed E-state index contributed by atoms with van der Waals surface area (Å²) in [6.45, 7) is 1.95. The number of nitrogens with zero attached hydrogens (tertiary/aromatic N) is 1. The fraction of sp³-hybridized carbons (Fsp3) is 0.300. The van der Waals surface area contributed by atoms with Crippen molar-refractivity contribution in [1.29, 1.82) is 0 Å². The maximum atomic E-state index is 12.3. The Kier molecular flexibility index (Phi) is 6.45. The topological polar surface area (TPSA) is 49.4 Å². The Morgan fingerprint density at radius 1 is 0.963 bits per heavy atom. The normalized spacial score (nSPS) is 13.8. The van der Waals surface area contributed by atoms with Gasteiger partial charge in [0.15, 0.2) is 0 Å². The van der Waals surface area contributed by atoms with E-state index in [1.54, 1.807) is 12.1 Å². The molecule has 1 N–H and O–H groups in total. The summed E-state index contributed by atoms with van der Waals surface area (Å²) in [4.78, 5) is 26.8. The lowest BCUT2D eigenvalue weighted by atomic mass is 10.1. The molecule has 0 atom stereocenters. The molecule has 0 aliphatic carbocycles. The first-order valence-corrected chi connectivity index (χ1v) is 9.62. The number of nitrogens with one attached hydrogen (secondary N) is 1. The fourth-order valence-corrected chi connectivity index (χ4v) is 3.44. The number of benzene rings is 2. The zero-order valence-corrected chi connectivity index (χ0v) is 15.5. The lowest BCUT2D eigenvalue weighted by Crippen LogP contribution is -2.27. The van der Waals surface area contributed by atoms with Crippen LogP contribution >= 0.6 is 11.8 Å². The van der Waals surface area contributed by atoms with Crippen molar-refractivity contribution in [3.05, 3.63) is 65.2 Å². The van der Waals surface area contributed by atoms with Crippen molar-refractivity contribution in [2.75, 3.05) is 13.1 Å². The molecule has 2 amide bonds. The largest absolute Gasteiger partial charge is 0.348 e. The van der Waals surface area contributed by atoms with Gasteiger partial charge in [-0.2, -0.15) is 8.78 Å². The molecule has 3 rings (SSSR count). The molecular formula is C20H20F2N2O2S. The van der Waals surface area contributed by atoms with Gasteiger partial charge in [-0.3, -0.25) is 9.59 Å². The van der Waals surface area contributed by atoms with Crippen LogP contribution in [0.15, 0.2) is 53.4 Å². The Bertz CT molecular complexity index is 789. The van der Waals surface area contributed by atoms with Crippen molar-refractivity contribution < 1.29 is 18.4 Å². The summed E-state index contributed by atoms with van der Waals surface area (Å²) in [7, 11) is 0. The van der Waals surface area contributed by atoms with Crippen molar-refractivity contribution in [3.8, 4) is 0 Å². The number of halogens is 2. The lowest BCUT2D eigenvalue weighted by molar-refractivity contribution is 0.0792. The maximum Gasteiger partial charge on any atom is 0.288 e. The van der Waals surface area contributed by atoms with Gasteiger partial charge in [-0.05, 0) is 54.8 Å². The SMILES string of the molecule is O=C(NCc1ccc(C(=O)N2CCCC2)cc1)c1ccc(SC(F)F)cc1. The number of hydrogen-bond acceptors (Lipinski definition) is 3. The van der Waals surface area contributed by atoms with Gasteiger partial charge in [0, 0.05) is 35.7 Å². The Morgan fingerprint density at radius 3 is 2.15 bits per heavy atom. The van der Waals surface area contributed by atoms with Gasteiger partial charge in [-0.15, -0.1) is 0 Å². The highest BCUT2D eigenvalue weighted by atomic mass is 32.2. The molecule has 0 aromatic heterocycles. The summed E-state index contributed by atoms with van der Waals surface area (Å²) in [5.74, 6) is -2.71. The van der Waals surface area contributed by atoms with Crippen LogP contribution < -0.4 is 5.32 Å². The van der Waals surface area contributed by atoms with Gasteiger partial charge in [0.1, 0.15) is 0 Å². The molecule has 0 radical (unpaired) electrons. The van der Waals surface area contributed by atoms with Crippen molar-refractivity contribution in [2.45, 2.75) is 30.0 Å². The molecule has 0 bridgehead atoms. The third-order valence-corrected chi connectivity index (χ3v) is 5.11. The number of carbonyl (C=O) groups is 2. The van der Waals surface area contributed by atoms with E-state index in [9.17, 15) is 18.4 Å². The van der Waals surface area contributed by atoms with E-state index >= 15 is 0 Å². The van der Waals surface area contributed by atoms with E-state index < -0.39 is 5.76 Å². The summed E-state index contributed by atoms with van der Waals surface area (Å²) in [6.07, 6.45) is 2.11. The molecule has 0 unspecified atom stereocenters. The number of alkyl halides is 2. The first-order valence-electron chi connectivity index (χ1n) is 8.74. The minimum Gasteiger partial charge on any atom is -0.348 e. The number of hydrogen-bond donors (Lipinski definition) is 1. The highest BCUT2D eigenvalue weighted by molar-refractivity contribution is 7.99. The van der Waals surface area contributed by atoms with Crippen LogP contribution in [0.25, 0.3) is 0 Å². The van der Waals surface area contributed by atoms with Crippen molar-refractivity contribution in [2.24, 2.45) is 0 Å². The van der Waals surface area contributed by atoms with Crippen LogP contribution in [0.1, 0.15) is 39.1 Å². The zero-order chi connectivity index (χ0) is 19.2. The van der Waals surface area contributed by atoms with E-state index in [4.69, 9.17) is 0 Å². The standard InChI is InChI=1S/C20H20F2N2O2S/c21-20(22)27-17-9-7-15(8-10-17)18(25)23-13-14-3-5-16(6-4-14)19(26)24-11-1-2-12-24/h3-10,20H,1-2,11-13H2,(H,23,25). The van der Waals surface area contributed by atoms with Gasteiger partial charge < -0.3 is 10.2 Å². The van der Waals surface area contributed by atoms with Crippen LogP contribution in [0.4, 0.5) is 8.78 Å². The lowest BCUT2D eigenvalue weighted by Gasteiger charge is -2.15. The van der Waals surface area contributed by atoms with Crippen LogP contribution in [0, 0.1) is 0 Å². The maximum absolute atomic E-state index is 12.3. The summed E-state index contributed by atoms with van der Waals surface area (Å²) < 4.78 is 24.6. The highest BCUT2D eigenvalue weighted by Crippen LogP contribution is 2.25. The zero-order valence-electron chi connectivity index (χ0n) is 14.7. The Hall–Kier alpha value is -2.41. The molecule has 1 aliphatic heterocycles. The van der Waals surface area contributed by atoms with E-state index in [1.807, 2.05) is 17.0 Å². The van der Waals surface area contributed by atoms with Crippen LogP contribution in [0.2, 0.25) is 0 Å². The van der Waals surface area contributed by atoms with Crippen molar-refractivity contribution >= 4 is 23.6 Å². The van der Waals surface area contributed by atoms with Gasteiger partial charge in [0.2, 0.25) is 0 Å². The van der Waals surface area contributed by atoms with Crippen molar-refractivity contribution in [1.82, 2.24) is 10.2 Å². The van der Waals surface area contributed by atoms with Crippen LogP contribution in [0.3, 0.4) is 0 Å². The van der Waals surface area contributed by atoms with Gasteiger partial charge in [-0.25, -0.2) is 0 Å². The molecule has 0 spiro atoms. The average Bonchev–Trinajstić information content (AvgIpc) is 3.21. The third kappa shape index (κ3) is 5.29. The Morgan fingerprint density at radius 2 is 1.56 bits per heavy atom. The molecule has 1 heterocycles. The average molecular weight is 390 g/mol. The molecule has 2 aromatic rings. The second-order valence-corrected chi connectivity index (χ2v) is 7.35. The minimum absolute atomic E-state index is 0.0462. The van der Waals surface area contributed by atoms with Gasteiger partial charge in [-0.1, -0.05) is 23.9 Å². The quantitative estimate of drug-likeness (QED) is 0.754. The first-order chi connectivity index (χ1) is 13.0. The van der Waals surface area contributed by atoms with E-state index in [-0.39, 0.29) is 11.8 Å². The van der Waals surface area contributed by atoms with Gasteiger partial charge in [0.05, 0.1) is 0 Å². The molecule has 4 nitrogen and oxygen atoms in total. The van der Waals surface area contributed by atoms with Crippen molar-refractivity contribution in [3.63, 3.8) is 0 Å². The second kappa shape index (κ2) is 8.99. The summed E-state index contributed by atoms with van der Waals surface area (Å²) in [5, 5.41) is 2.79. The molecule has 142 valence electrons. The van der Waals surface area contributed by atoms with Gasteiger partial charge >= 0.3 is 0 Å². The molecule has 7 heteroatoms. The predicted molar refractivity (Wildman–Crippen MR) is 101 cm³/mol. The molecule has 0 saturated carbocycles. The monoisotopic (exact) mass is 390 g/mol. The van der Waals surface area contributed by atoms with Crippen LogP contribution in [-0.4, -0.2) is 35.6 Å². The molecular weight excluding hydrogens is 370 g/mol. The molecule has 1 saturated heterocycles. The summed E-state index contributed by atoms with van der Waals surface area (Å²) in [5.41, 5.74) is 1.94. The molecule has 1 fully saturated rings. The molecule has 27 heavy (non-hydrogen) atoms. The molecule has 2 aromatic carbocycles. The first kappa shape index (κ1) is 19.4. The number of rotatable bonds is 6. The number of likely N-dealkylation sites (tertiary alicyclic amines) is 1. The van der Waals surface area contributed by atoms with Crippen LogP contribution in [-0.2, 0) is 6.54 Å². The summed E-state index contributed by atoms with van der Waals surface area (Å²) >= 11 is 0.446. The number of carbonyl (C=O) groups excluding carboxylic acids is 2. The van der Waals surface area contributed by atoms with E-state index in [2.05, 4.69) is 5.32 Å². The third-order valence-electron chi connectivity index (χ3n) is 4.39. The second-order valence-electron chi connectivity index (χ2n) is 6.28. The Labute approximate surface area is 160 Å². The van der Waals surface area contributed by atoms with E-state index in [0.29, 0.717) is 34.3 Å². The van der Waals surface area contributed by atoms with E-state index in [1.165, 1.54) is 24.3 Å². The smallest absolute Gasteiger partial charge is 0.288 e. The minimum atomic E-state index is -2.48. The molecule has 1 aliphatic rings.